The van der Waals surface area contributed by atoms with Crippen molar-refractivity contribution in [3.05, 3.63) is 27.8 Å². The summed E-state index contributed by atoms with van der Waals surface area (Å²) in [6, 6.07) is 8.51. The summed E-state index contributed by atoms with van der Waals surface area (Å²) in [6.45, 7) is 0. The van der Waals surface area contributed by atoms with E-state index in [-0.39, 0.29) is 5.75 Å². The monoisotopic (exact) mass is 401 g/mol. The maximum Gasteiger partial charge on any atom is 0.313 e. The van der Waals surface area contributed by atoms with Crippen LogP contribution in [0.4, 0.5) is 0 Å². The first-order chi connectivity index (χ1) is 9.65. The normalized spacial score (nSPS) is 14.4. The van der Waals surface area contributed by atoms with Gasteiger partial charge < -0.3 is 5.11 Å². The van der Waals surface area contributed by atoms with Gasteiger partial charge in [0.1, 0.15) is 0 Å². The Hall–Kier alpha value is -1.09. The zero-order valence-corrected chi connectivity index (χ0v) is 13.5. The summed E-state index contributed by atoms with van der Waals surface area (Å²) in [7, 11) is 0. The summed E-state index contributed by atoms with van der Waals surface area (Å²) in [5.41, 5.74) is 1.03. The van der Waals surface area contributed by atoms with Crippen molar-refractivity contribution in [1.29, 1.82) is 0 Å². The predicted octanol–water partition coefficient (Wildman–Crippen LogP) is 3.06. The molecular formula is C13H12IN3O2S. The Morgan fingerprint density at radius 2 is 2.25 bits per heavy atom. The lowest BCUT2D eigenvalue weighted by Crippen LogP contribution is -2.03. The third-order valence-electron chi connectivity index (χ3n) is 2.98. The number of hydrogen-bond acceptors (Lipinski definition) is 4. The Labute approximate surface area is 133 Å². The number of thioether (sulfide) groups is 1. The van der Waals surface area contributed by atoms with Gasteiger partial charge in [-0.3, -0.25) is 9.36 Å². The molecule has 1 aliphatic rings. The molecule has 3 rings (SSSR count). The molecule has 1 aliphatic carbocycles. The number of hydrogen-bond donors (Lipinski definition) is 1. The minimum Gasteiger partial charge on any atom is -0.481 e. The molecule has 1 aromatic carbocycles. The van der Waals surface area contributed by atoms with E-state index < -0.39 is 5.97 Å². The predicted molar refractivity (Wildman–Crippen MR) is 84.8 cm³/mol. The van der Waals surface area contributed by atoms with E-state index in [2.05, 4.69) is 43.4 Å². The van der Waals surface area contributed by atoms with Crippen LogP contribution in [0.5, 0.6) is 0 Å². The van der Waals surface area contributed by atoms with Gasteiger partial charge in [0.05, 0.1) is 5.75 Å². The van der Waals surface area contributed by atoms with Gasteiger partial charge in [-0.05, 0) is 47.6 Å². The molecule has 1 aromatic heterocycles. The van der Waals surface area contributed by atoms with Crippen molar-refractivity contribution in [3.63, 3.8) is 0 Å². The first-order valence-corrected chi connectivity index (χ1v) is 8.27. The molecule has 5 nitrogen and oxygen atoms in total. The van der Waals surface area contributed by atoms with Crippen LogP contribution in [0.15, 0.2) is 29.4 Å². The SMILES string of the molecule is O=C(O)CSc1nnc(-c2cccc(I)c2)n1C1CC1. The lowest BCUT2D eigenvalue weighted by Gasteiger charge is -2.08. The second-order valence-electron chi connectivity index (χ2n) is 4.60. The molecule has 0 radical (unpaired) electrons. The number of halogens is 1. The van der Waals surface area contributed by atoms with Gasteiger partial charge in [0.2, 0.25) is 0 Å². The molecule has 20 heavy (non-hydrogen) atoms. The summed E-state index contributed by atoms with van der Waals surface area (Å²) in [6.07, 6.45) is 2.21. The zero-order valence-electron chi connectivity index (χ0n) is 10.5. The van der Waals surface area contributed by atoms with Crippen molar-refractivity contribution in [2.24, 2.45) is 0 Å². The Bertz CT molecular complexity index is 655. The molecule has 1 saturated carbocycles. The lowest BCUT2D eigenvalue weighted by atomic mass is 10.2. The van der Waals surface area contributed by atoms with Gasteiger partial charge in [0, 0.05) is 15.2 Å². The molecule has 0 saturated heterocycles. The van der Waals surface area contributed by atoms with Gasteiger partial charge in [-0.25, -0.2) is 0 Å². The first-order valence-electron chi connectivity index (χ1n) is 6.20. The largest absolute Gasteiger partial charge is 0.481 e. The Balaban J connectivity index is 1.97. The minimum atomic E-state index is -0.837. The van der Waals surface area contributed by atoms with Crippen LogP contribution in [0.2, 0.25) is 0 Å². The summed E-state index contributed by atoms with van der Waals surface area (Å²) in [4.78, 5) is 10.7. The van der Waals surface area contributed by atoms with E-state index in [4.69, 9.17) is 5.11 Å². The van der Waals surface area contributed by atoms with Crippen molar-refractivity contribution < 1.29 is 9.90 Å². The quantitative estimate of drug-likeness (QED) is 0.616. The van der Waals surface area contributed by atoms with Crippen LogP contribution in [0, 0.1) is 3.57 Å². The maximum atomic E-state index is 10.7. The average molecular weight is 401 g/mol. The summed E-state index contributed by atoms with van der Waals surface area (Å²) in [5.74, 6) is 0.00652. The fourth-order valence-electron chi connectivity index (χ4n) is 1.99. The molecule has 2 aromatic rings. The molecule has 1 heterocycles. The molecule has 1 N–H and O–H groups in total. The number of carbonyl (C=O) groups is 1. The van der Waals surface area contributed by atoms with Gasteiger partial charge in [-0.2, -0.15) is 0 Å². The van der Waals surface area contributed by atoms with Crippen molar-refractivity contribution in [3.8, 4) is 11.4 Å². The Morgan fingerprint density at radius 1 is 1.45 bits per heavy atom. The number of rotatable bonds is 5. The summed E-state index contributed by atoms with van der Waals surface area (Å²) < 4.78 is 3.23. The van der Waals surface area contributed by atoms with E-state index in [0.29, 0.717) is 11.2 Å². The number of benzene rings is 1. The van der Waals surface area contributed by atoms with Crippen LogP contribution in [-0.2, 0) is 4.79 Å². The lowest BCUT2D eigenvalue weighted by molar-refractivity contribution is -0.133. The minimum absolute atomic E-state index is 0.0111. The van der Waals surface area contributed by atoms with Gasteiger partial charge in [0.15, 0.2) is 11.0 Å². The fraction of sp³-hybridized carbons (Fsp3) is 0.308. The average Bonchev–Trinajstić information content (AvgIpc) is 3.16. The molecular weight excluding hydrogens is 389 g/mol. The van der Waals surface area contributed by atoms with E-state index >= 15 is 0 Å². The number of aliphatic carboxylic acids is 1. The van der Waals surface area contributed by atoms with E-state index in [0.717, 1.165) is 27.8 Å². The topological polar surface area (TPSA) is 68.0 Å². The highest BCUT2D eigenvalue weighted by Crippen LogP contribution is 2.41. The van der Waals surface area contributed by atoms with Crippen molar-refractivity contribution in [1.82, 2.24) is 14.8 Å². The van der Waals surface area contributed by atoms with Gasteiger partial charge in [-0.15, -0.1) is 10.2 Å². The van der Waals surface area contributed by atoms with Gasteiger partial charge in [0.25, 0.3) is 0 Å². The number of carboxylic acid groups (broad SMARTS) is 1. The molecule has 0 unspecified atom stereocenters. The fourth-order valence-corrected chi connectivity index (χ4v) is 3.26. The van der Waals surface area contributed by atoms with Crippen LogP contribution in [0.1, 0.15) is 18.9 Å². The van der Waals surface area contributed by atoms with E-state index in [1.54, 1.807) is 0 Å². The molecule has 0 amide bonds. The summed E-state index contributed by atoms with van der Waals surface area (Å²) >= 11 is 3.50. The molecule has 0 aliphatic heterocycles. The van der Waals surface area contributed by atoms with E-state index in [1.807, 2.05) is 18.2 Å². The van der Waals surface area contributed by atoms with Crippen LogP contribution in [-0.4, -0.2) is 31.6 Å². The third kappa shape index (κ3) is 2.98. The standard InChI is InChI=1S/C13H12IN3O2S/c14-9-3-1-2-8(6-9)12-15-16-13(20-7-11(18)19)17(12)10-4-5-10/h1-3,6,10H,4-5,7H2,(H,18,19). The van der Waals surface area contributed by atoms with Crippen LogP contribution >= 0.6 is 34.4 Å². The molecule has 1 fully saturated rings. The number of nitrogens with zero attached hydrogens (tertiary/aromatic N) is 3. The third-order valence-corrected chi connectivity index (χ3v) is 4.58. The number of aromatic nitrogens is 3. The second-order valence-corrected chi connectivity index (χ2v) is 6.79. The maximum absolute atomic E-state index is 10.7. The first kappa shape index (κ1) is 13.9. The second kappa shape index (κ2) is 5.72. The van der Waals surface area contributed by atoms with Gasteiger partial charge >= 0.3 is 5.97 Å². The van der Waals surface area contributed by atoms with Crippen LogP contribution in [0.3, 0.4) is 0 Å². The molecule has 0 bridgehead atoms. The smallest absolute Gasteiger partial charge is 0.313 e. The van der Waals surface area contributed by atoms with E-state index in [1.165, 1.54) is 11.8 Å². The van der Waals surface area contributed by atoms with Crippen molar-refractivity contribution in [2.75, 3.05) is 5.75 Å². The van der Waals surface area contributed by atoms with Crippen molar-refractivity contribution >= 4 is 40.3 Å². The molecule has 0 spiro atoms. The zero-order chi connectivity index (χ0) is 14.1. The Kier molecular flexibility index (Phi) is 3.97. The summed E-state index contributed by atoms with van der Waals surface area (Å²) in [5, 5.41) is 17.9. The Morgan fingerprint density at radius 3 is 2.90 bits per heavy atom. The highest BCUT2D eigenvalue weighted by atomic mass is 127. The van der Waals surface area contributed by atoms with E-state index in [9.17, 15) is 4.79 Å². The highest BCUT2D eigenvalue weighted by Gasteiger charge is 2.30. The highest BCUT2D eigenvalue weighted by molar-refractivity contribution is 14.1. The molecule has 7 heteroatoms. The number of carboxylic acids is 1. The molecule has 104 valence electrons. The molecule has 0 atom stereocenters. The van der Waals surface area contributed by atoms with Crippen LogP contribution in [0.25, 0.3) is 11.4 Å². The van der Waals surface area contributed by atoms with Gasteiger partial charge in [-0.1, -0.05) is 23.9 Å². The van der Waals surface area contributed by atoms with Crippen LogP contribution < -0.4 is 0 Å². The van der Waals surface area contributed by atoms with Crippen molar-refractivity contribution in [2.45, 2.75) is 24.0 Å².